The van der Waals surface area contributed by atoms with E-state index in [1.165, 1.54) is 5.30 Å². The zero-order chi connectivity index (χ0) is 8.81. The fourth-order valence-corrected chi connectivity index (χ4v) is 1.98. The lowest BCUT2D eigenvalue weighted by Gasteiger charge is -2.07. The molecule has 0 spiro atoms. The summed E-state index contributed by atoms with van der Waals surface area (Å²) in [4.78, 5) is 2.74. The average Bonchev–Trinajstić information content (AvgIpc) is 2.15. The van der Waals surface area contributed by atoms with Crippen molar-refractivity contribution in [3.63, 3.8) is 0 Å². The number of rotatable bonds is 3. The molecule has 0 fully saturated rings. The number of hydrogen-bond donors (Lipinski definition) is 0. The largest absolute Gasteiger partial charge is 0.0890 e. The molecule has 0 bridgehead atoms. The van der Waals surface area contributed by atoms with Crippen LogP contribution in [0.1, 0.15) is 0 Å². The van der Waals surface area contributed by atoms with Gasteiger partial charge < -0.3 is 0 Å². The van der Waals surface area contributed by atoms with Crippen molar-refractivity contribution < 1.29 is 0 Å². The topological polar surface area (TPSA) is 48.8 Å². The van der Waals surface area contributed by atoms with Crippen LogP contribution < -0.4 is 5.30 Å². The maximum absolute atomic E-state index is 8.13. The van der Waals surface area contributed by atoms with E-state index in [2.05, 4.69) is 28.8 Å². The van der Waals surface area contributed by atoms with Gasteiger partial charge in [0.15, 0.2) is 0 Å². The Bertz CT molecular complexity index is 280. The van der Waals surface area contributed by atoms with Gasteiger partial charge in [0, 0.05) is 4.91 Å². The van der Waals surface area contributed by atoms with Crippen LogP contribution in [0.5, 0.6) is 0 Å². The van der Waals surface area contributed by atoms with Gasteiger partial charge >= 0.3 is 0 Å². The van der Waals surface area contributed by atoms with E-state index in [-0.39, 0.29) is 7.92 Å². The summed E-state index contributed by atoms with van der Waals surface area (Å²) < 4.78 is 0. The third-order valence-corrected chi connectivity index (χ3v) is 3.27. The van der Waals surface area contributed by atoms with Crippen LogP contribution in [0.25, 0.3) is 10.4 Å². The second kappa shape index (κ2) is 4.76. The number of benzene rings is 1. The van der Waals surface area contributed by atoms with Crippen LogP contribution in [-0.2, 0) is 0 Å². The van der Waals surface area contributed by atoms with E-state index in [0.29, 0.717) is 6.29 Å². The molecule has 0 heterocycles. The molecule has 1 unspecified atom stereocenters. The monoisotopic (exact) mass is 179 g/mol. The molecule has 1 aromatic rings. The molecule has 1 rings (SSSR count). The molecule has 3 nitrogen and oxygen atoms in total. The van der Waals surface area contributed by atoms with Crippen molar-refractivity contribution in [2.24, 2.45) is 5.11 Å². The van der Waals surface area contributed by atoms with Crippen LogP contribution in [0.3, 0.4) is 0 Å². The first-order valence-corrected chi connectivity index (χ1v) is 5.59. The standard InChI is InChI=1S/C8H10N3P/c1-12(7-10-11-9)8-5-3-2-4-6-8/h2-6H,7H2,1H3. The van der Waals surface area contributed by atoms with Gasteiger partial charge in [-0.15, -0.1) is 0 Å². The van der Waals surface area contributed by atoms with Crippen molar-refractivity contribution in [3.05, 3.63) is 40.8 Å². The first kappa shape index (κ1) is 9.05. The minimum Gasteiger partial charge on any atom is -0.0890 e. The van der Waals surface area contributed by atoms with Gasteiger partial charge in [-0.25, -0.2) is 0 Å². The maximum Gasteiger partial charge on any atom is 0.0501 e. The normalized spacial score (nSPS) is 11.8. The van der Waals surface area contributed by atoms with Crippen molar-refractivity contribution in [1.82, 2.24) is 0 Å². The summed E-state index contributed by atoms with van der Waals surface area (Å²) in [7, 11) is -0.302. The molecule has 0 radical (unpaired) electrons. The zero-order valence-electron chi connectivity index (χ0n) is 6.88. The van der Waals surface area contributed by atoms with Crippen molar-refractivity contribution in [1.29, 1.82) is 0 Å². The van der Waals surface area contributed by atoms with Crippen molar-refractivity contribution >= 4 is 13.2 Å². The second-order valence-corrected chi connectivity index (χ2v) is 4.60. The molecule has 0 amide bonds. The van der Waals surface area contributed by atoms with E-state index in [9.17, 15) is 0 Å². The molecule has 0 aliphatic heterocycles. The third-order valence-electron chi connectivity index (χ3n) is 1.54. The summed E-state index contributed by atoms with van der Waals surface area (Å²) >= 11 is 0. The lowest BCUT2D eigenvalue weighted by atomic mass is 10.4. The Morgan fingerprint density at radius 3 is 2.67 bits per heavy atom. The summed E-state index contributed by atoms with van der Waals surface area (Å²) in [6.07, 6.45) is 0.593. The highest BCUT2D eigenvalue weighted by Gasteiger charge is 2.00. The molecular formula is C8H10N3P. The van der Waals surface area contributed by atoms with Gasteiger partial charge in [0.1, 0.15) is 0 Å². The van der Waals surface area contributed by atoms with E-state index >= 15 is 0 Å². The Hall–Kier alpha value is -1.04. The van der Waals surface area contributed by atoms with E-state index in [1.54, 1.807) is 0 Å². The summed E-state index contributed by atoms with van der Waals surface area (Å²) in [5, 5.41) is 4.84. The summed E-state index contributed by atoms with van der Waals surface area (Å²) in [6.45, 7) is 2.11. The molecule has 62 valence electrons. The van der Waals surface area contributed by atoms with Gasteiger partial charge in [-0.2, -0.15) is 0 Å². The number of azide groups is 1. The minimum atomic E-state index is -0.302. The lowest BCUT2D eigenvalue weighted by Crippen LogP contribution is -1.99. The van der Waals surface area contributed by atoms with Crippen LogP contribution in [-0.4, -0.2) is 13.0 Å². The van der Waals surface area contributed by atoms with Gasteiger partial charge in [-0.1, -0.05) is 43.4 Å². The van der Waals surface area contributed by atoms with E-state index < -0.39 is 0 Å². The summed E-state index contributed by atoms with van der Waals surface area (Å²) in [5.74, 6) is 0. The van der Waals surface area contributed by atoms with Gasteiger partial charge in [0.2, 0.25) is 0 Å². The summed E-state index contributed by atoms with van der Waals surface area (Å²) in [5.41, 5.74) is 8.13. The lowest BCUT2D eigenvalue weighted by molar-refractivity contribution is 1.32. The molecule has 0 aromatic heterocycles. The third kappa shape index (κ3) is 2.54. The molecule has 0 aliphatic carbocycles. The zero-order valence-corrected chi connectivity index (χ0v) is 7.78. The van der Waals surface area contributed by atoms with Gasteiger partial charge in [0.25, 0.3) is 0 Å². The van der Waals surface area contributed by atoms with Crippen molar-refractivity contribution in [3.8, 4) is 0 Å². The average molecular weight is 179 g/mol. The second-order valence-electron chi connectivity index (χ2n) is 2.41. The van der Waals surface area contributed by atoms with Crippen LogP contribution in [0, 0.1) is 0 Å². The van der Waals surface area contributed by atoms with E-state index in [0.717, 1.165) is 0 Å². The van der Waals surface area contributed by atoms with E-state index in [1.807, 2.05) is 18.2 Å². The molecule has 0 N–H and O–H groups in total. The molecule has 0 saturated carbocycles. The molecule has 1 atom stereocenters. The SMILES string of the molecule is CP(CN=[N+]=[N-])c1ccccc1. The molecule has 12 heavy (non-hydrogen) atoms. The van der Waals surface area contributed by atoms with Crippen LogP contribution >= 0.6 is 7.92 Å². The molecule has 0 saturated heterocycles. The first-order valence-electron chi connectivity index (χ1n) is 3.61. The summed E-state index contributed by atoms with van der Waals surface area (Å²) in [6, 6.07) is 10.1. The Balaban J connectivity index is 2.65. The van der Waals surface area contributed by atoms with Crippen LogP contribution in [0.15, 0.2) is 35.4 Å². The fraction of sp³-hybridized carbons (Fsp3) is 0.250. The van der Waals surface area contributed by atoms with Crippen LogP contribution in [0.4, 0.5) is 0 Å². The number of hydrogen-bond acceptors (Lipinski definition) is 1. The molecular weight excluding hydrogens is 169 g/mol. The Kier molecular flexibility index (Phi) is 3.59. The first-order chi connectivity index (χ1) is 5.84. The highest BCUT2D eigenvalue weighted by molar-refractivity contribution is 7.64. The highest BCUT2D eigenvalue weighted by atomic mass is 31.1. The van der Waals surface area contributed by atoms with Crippen molar-refractivity contribution in [2.75, 3.05) is 13.0 Å². The quantitative estimate of drug-likeness (QED) is 0.296. The minimum absolute atomic E-state index is 0.302. The molecule has 4 heteroatoms. The maximum atomic E-state index is 8.13. The predicted molar refractivity (Wildman–Crippen MR) is 52.9 cm³/mol. The van der Waals surface area contributed by atoms with Crippen LogP contribution in [0.2, 0.25) is 0 Å². The van der Waals surface area contributed by atoms with Gasteiger partial charge in [0.05, 0.1) is 6.29 Å². The Labute approximate surface area is 72.8 Å². The Morgan fingerprint density at radius 2 is 2.08 bits per heavy atom. The highest BCUT2D eigenvalue weighted by Crippen LogP contribution is 2.28. The molecule has 1 aromatic carbocycles. The fourth-order valence-electron chi connectivity index (χ4n) is 0.887. The van der Waals surface area contributed by atoms with E-state index in [4.69, 9.17) is 5.53 Å². The Morgan fingerprint density at radius 1 is 1.42 bits per heavy atom. The smallest absolute Gasteiger partial charge is 0.0501 e. The molecule has 0 aliphatic rings. The predicted octanol–water partition coefficient (Wildman–Crippen LogP) is 2.69. The van der Waals surface area contributed by atoms with Gasteiger partial charge in [-0.05, 0) is 17.5 Å². The van der Waals surface area contributed by atoms with Gasteiger partial charge in [-0.3, -0.25) is 0 Å². The number of nitrogens with zero attached hydrogens (tertiary/aromatic N) is 3. The van der Waals surface area contributed by atoms with Crippen molar-refractivity contribution in [2.45, 2.75) is 0 Å².